The van der Waals surface area contributed by atoms with Crippen molar-refractivity contribution in [3.63, 3.8) is 0 Å². The van der Waals surface area contributed by atoms with E-state index in [0.29, 0.717) is 0 Å². The van der Waals surface area contributed by atoms with E-state index in [1.54, 1.807) is 0 Å². The number of allylic oxidation sites excluding steroid dienone is 2. The van der Waals surface area contributed by atoms with Gasteiger partial charge in [-0.3, -0.25) is 4.99 Å². The summed E-state index contributed by atoms with van der Waals surface area (Å²) in [7, 11) is 8.62. The molecule has 0 fully saturated rings. The van der Waals surface area contributed by atoms with Gasteiger partial charge in [-0.15, -0.1) is 0 Å². The maximum absolute atomic E-state index is 5.24. The van der Waals surface area contributed by atoms with E-state index in [0.717, 1.165) is 55.4 Å². The van der Waals surface area contributed by atoms with Gasteiger partial charge in [-0.05, 0) is 89.9 Å². The zero-order chi connectivity index (χ0) is 39.6. The molecule has 6 nitrogen and oxygen atoms in total. The summed E-state index contributed by atoms with van der Waals surface area (Å²) in [6, 6.07) is 13.2. The maximum atomic E-state index is 5.24. The first kappa shape index (κ1) is 50.4. The number of nitrogens with zero attached hydrogens (tertiary/aromatic N) is 6. The smallest absolute Gasteiger partial charge is 0.0845 e. The van der Waals surface area contributed by atoms with E-state index in [4.69, 9.17) is 9.98 Å². The first-order valence-corrected chi connectivity index (χ1v) is 22.1. The largest absolute Gasteiger partial charge is 0.373 e. The van der Waals surface area contributed by atoms with E-state index in [2.05, 4.69) is 138 Å². The molecule has 0 saturated carbocycles. The van der Waals surface area contributed by atoms with Crippen LogP contribution in [0.4, 0.5) is 34.1 Å². The average molecular weight is 850 g/mol. The van der Waals surface area contributed by atoms with E-state index in [1.165, 1.54) is 132 Å². The Labute approximate surface area is 354 Å². The van der Waals surface area contributed by atoms with Crippen molar-refractivity contribution < 1.29 is 20.4 Å². The summed E-state index contributed by atoms with van der Waals surface area (Å²) in [4.78, 5) is 19.6. The van der Waals surface area contributed by atoms with E-state index in [9.17, 15) is 0 Å². The van der Waals surface area contributed by atoms with Crippen LogP contribution in [0.2, 0.25) is 0 Å². The summed E-state index contributed by atoms with van der Waals surface area (Å²) in [5.74, 6) is 0. The molecule has 0 bridgehead atoms. The molecule has 2 rings (SSSR count). The summed E-state index contributed by atoms with van der Waals surface area (Å²) >= 11 is 0. The van der Waals surface area contributed by atoms with Crippen molar-refractivity contribution in [2.24, 2.45) is 9.98 Å². The molecule has 0 unspecified atom stereocenters. The molecule has 0 aromatic heterocycles. The number of anilines is 4. The molecular weight excluding hydrogens is 767 g/mol. The second-order valence-corrected chi connectivity index (χ2v) is 15.4. The third-order valence-corrected chi connectivity index (χ3v) is 11.1. The Morgan fingerprint density at radius 1 is 0.473 bits per heavy atom. The minimum atomic E-state index is 0. The van der Waals surface area contributed by atoms with Gasteiger partial charge in [0, 0.05) is 74.8 Å². The Morgan fingerprint density at radius 2 is 0.818 bits per heavy atom. The SMILES string of the molecule is CCCCCCCCCCCCCCCCCCC/C=C/C(=N\c1ccc(N(C)CC)c(N(C)CC)c1)C(/C)=N/c1ccc(N(C)CC)c(N(C)CC)c1.[Pd]. The molecule has 7 heteroatoms. The molecule has 55 heavy (non-hydrogen) atoms. The minimum absolute atomic E-state index is 0. The van der Waals surface area contributed by atoms with Gasteiger partial charge >= 0.3 is 0 Å². The van der Waals surface area contributed by atoms with Gasteiger partial charge in [-0.25, -0.2) is 4.99 Å². The van der Waals surface area contributed by atoms with Crippen molar-refractivity contribution in [2.45, 2.75) is 157 Å². The van der Waals surface area contributed by atoms with E-state index in [-0.39, 0.29) is 20.4 Å². The molecule has 0 saturated heterocycles. The number of unbranched alkanes of at least 4 members (excludes halogenated alkanes) is 17. The van der Waals surface area contributed by atoms with Gasteiger partial charge in [0.15, 0.2) is 0 Å². The Hall–Kier alpha value is -2.62. The summed E-state index contributed by atoms with van der Waals surface area (Å²) < 4.78 is 0. The summed E-state index contributed by atoms with van der Waals surface area (Å²) in [5, 5.41) is 0. The molecule has 2 aromatic rings. The molecule has 0 amide bonds. The van der Waals surface area contributed by atoms with E-state index < -0.39 is 0 Å². The number of hydrogen-bond acceptors (Lipinski definition) is 6. The molecule has 0 N–H and O–H groups in total. The normalized spacial score (nSPS) is 12.0. The quantitative estimate of drug-likeness (QED) is 0.0446. The monoisotopic (exact) mass is 849 g/mol. The van der Waals surface area contributed by atoms with Crippen molar-refractivity contribution >= 4 is 45.5 Å². The second kappa shape index (κ2) is 30.5. The van der Waals surface area contributed by atoms with Crippen LogP contribution < -0.4 is 19.6 Å². The summed E-state index contributed by atoms with van der Waals surface area (Å²) in [6.45, 7) is 17.0. The van der Waals surface area contributed by atoms with Crippen molar-refractivity contribution in [3.05, 3.63) is 48.6 Å². The van der Waals surface area contributed by atoms with Crippen LogP contribution in [0.25, 0.3) is 0 Å². The van der Waals surface area contributed by atoms with Crippen LogP contribution >= 0.6 is 0 Å². The fourth-order valence-electron chi connectivity index (χ4n) is 6.91. The zero-order valence-electron chi connectivity index (χ0n) is 37.2. The third kappa shape index (κ3) is 19.4. The minimum Gasteiger partial charge on any atom is -0.373 e. The van der Waals surface area contributed by atoms with Crippen LogP contribution in [0.3, 0.4) is 0 Å². The van der Waals surface area contributed by atoms with Crippen molar-refractivity contribution in [1.29, 1.82) is 0 Å². The third-order valence-electron chi connectivity index (χ3n) is 11.1. The van der Waals surface area contributed by atoms with Gasteiger partial charge in [0.2, 0.25) is 0 Å². The Kier molecular flexibility index (Phi) is 28.0. The number of hydrogen-bond donors (Lipinski definition) is 0. The van der Waals surface area contributed by atoms with Gasteiger partial charge in [0.1, 0.15) is 0 Å². The fourth-order valence-corrected chi connectivity index (χ4v) is 6.91. The van der Waals surface area contributed by atoms with Gasteiger partial charge < -0.3 is 19.6 Å². The van der Waals surface area contributed by atoms with Crippen LogP contribution in [-0.2, 0) is 20.4 Å². The van der Waals surface area contributed by atoms with Crippen molar-refractivity contribution in [2.75, 3.05) is 74.0 Å². The molecule has 314 valence electrons. The fraction of sp³-hybridized carbons (Fsp3) is 0.667. The number of rotatable bonds is 30. The number of benzene rings is 2. The Morgan fingerprint density at radius 3 is 1.20 bits per heavy atom. The van der Waals surface area contributed by atoms with Crippen molar-refractivity contribution in [3.8, 4) is 0 Å². The van der Waals surface area contributed by atoms with Gasteiger partial charge in [0.25, 0.3) is 0 Å². The predicted octanol–water partition coefficient (Wildman–Crippen LogP) is 14.0. The topological polar surface area (TPSA) is 37.7 Å². The van der Waals surface area contributed by atoms with Crippen LogP contribution in [-0.4, -0.2) is 65.8 Å². The van der Waals surface area contributed by atoms with Gasteiger partial charge in [-0.2, -0.15) is 0 Å². The molecule has 0 aliphatic carbocycles. The summed E-state index contributed by atoms with van der Waals surface area (Å²) in [5.41, 5.74) is 8.62. The Balaban J connectivity index is 0.0000151. The van der Waals surface area contributed by atoms with Crippen LogP contribution in [0.1, 0.15) is 157 Å². The van der Waals surface area contributed by atoms with Crippen molar-refractivity contribution in [1.82, 2.24) is 0 Å². The number of aliphatic imine (C=N–C) groups is 2. The van der Waals surface area contributed by atoms with Gasteiger partial charge in [-0.1, -0.05) is 116 Å². The first-order chi connectivity index (χ1) is 26.2. The van der Waals surface area contributed by atoms with E-state index in [1.807, 2.05) is 0 Å². The molecule has 0 aliphatic heterocycles. The molecule has 0 aliphatic rings. The van der Waals surface area contributed by atoms with E-state index >= 15 is 0 Å². The molecule has 0 radical (unpaired) electrons. The predicted molar refractivity (Wildman–Crippen MR) is 246 cm³/mol. The van der Waals surface area contributed by atoms with Crippen LogP contribution in [0.5, 0.6) is 0 Å². The maximum Gasteiger partial charge on any atom is 0.0845 e. The molecule has 0 spiro atoms. The second-order valence-electron chi connectivity index (χ2n) is 15.4. The van der Waals surface area contributed by atoms with Crippen LogP contribution in [0.15, 0.2) is 58.5 Å². The molecule has 0 heterocycles. The molecule has 0 atom stereocenters. The average Bonchev–Trinajstić information content (AvgIpc) is 3.19. The Bertz CT molecular complexity index is 1380. The standard InChI is InChI=1S/C48H82N6.Pd/c1-11-16-17-18-19-20-21-22-23-24-25-26-27-28-29-30-31-32-33-34-44(50-43-36-38-46(52(8)13-3)48(40-43)54(10)15-5)41(6)49-42-35-37-45(51(7)12-2)47(39-42)53(9)14-4;/h33-40H,11-32H2,1-10H3;/b34-33+,49-41+,50-44+;. The molecular formula is C48H82N6Pd. The van der Waals surface area contributed by atoms with Crippen LogP contribution in [0, 0.1) is 0 Å². The van der Waals surface area contributed by atoms with Gasteiger partial charge in [0.05, 0.1) is 45.5 Å². The first-order valence-electron chi connectivity index (χ1n) is 22.1. The summed E-state index contributed by atoms with van der Waals surface area (Å²) in [6.07, 6.45) is 29.4. The zero-order valence-corrected chi connectivity index (χ0v) is 38.7. The molecule has 2 aromatic carbocycles.